The highest BCUT2D eigenvalue weighted by Gasteiger charge is 2.57. The van der Waals surface area contributed by atoms with Gasteiger partial charge in [0.05, 0.1) is 17.4 Å². The minimum absolute atomic E-state index is 0.0749. The number of esters is 2. The number of hydrogen-bond donors (Lipinski definition) is 3. The van der Waals surface area contributed by atoms with E-state index in [1.54, 1.807) is 48.5 Å². The van der Waals surface area contributed by atoms with Gasteiger partial charge >= 0.3 is 19.8 Å². The standard InChI is InChI=1S/C25H41FN5O11P/c1-10-25(16(32)14(26)19(42-25)31(9)17-15(28-8)18(33)30-22(27)29-17)11-39-43(36,40-12-37-20(34)23(2,3)4)41-13-38-21(35)24(5,6)7/h14,16,19,32H,8,10-13H2,1-7,9H3,(H3,27,29,30,33)/t14-,16+,19-,25-/m1/s1. The number of aliphatic hydroxyl groups excluding tert-OH is 1. The van der Waals surface area contributed by atoms with E-state index >= 15 is 4.39 Å². The molecule has 2 rings (SSSR count). The van der Waals surface area contributed by atoms with Gasteiger partial charge in [0, 0.05) is 7.05 Å². The molecule has 1 aromatic heterocycles. The third-order valence-electron chi connectivity index (χ3n) is 6.33. The van der Waals surface area contributed by atoms with Crippen LogP contribution < -0.4 is 16.2 Å². The van der Waals surface area contributed by atoms with Gasteiger partial charge in [-0.15, -0.1) is 0 Å². The summed E-state index contributed by atoms with van der Waals surface area (Å²) in [4.78, 5) is 47.5. The van der Waals surface area contributed by atoms with Crippen LogP contribution in [0.3, 0.4) is 0 Å². The zero-order chi connectivity index (χ0) is 33.0. The molecular weight excluding hydrogens is 596 g/mol. The van der Waals surface area contributed by atoms with Crippen LogP contribution in [0.2, 0.25) is 0 Å². The molecule has 16 nitrogen and oxygen atoms in total. The molecule has 4 N–H and O–H groups in total. The van der Waals surface area contributed by atoms with Crippen LogP contribution in [0.5, 0.6) is 0 Å². The van der Waals surface area contributed by atoms with Crippen molar-refractivity contribution in [3.05, 3.63) is 10.4 Å². The van der Waals surface area contributed by atoms with Gasteiger partial charge < -0.3 is 30.0 Å². The predicted octanol–water partition coefficient (Wildman–Crippen LogP) is 2.58. The summed E-state index contributed by atoms with van der Waals surface area (Å²) in [5.74, 6) is -1.84. The Morgan fingerprint density at radius 1 is 1.16 bits per heavy atom. The summed E-state index contributed by atoms with van der Waals surface area (Å²) in [6.45, 7) is 11.9. The first-order chi connectivity index (χ1) is 19.7. The second-order valence-corrected chi connectivity index (χ2v) is 13.5. The van der Waals surface area contributed by atoms with Gasteiger partial charge in [0.15, 0.2) is 23.9 Å². The summed E-state index contributed by atoms with van der Waals surface area (Å²) < 4.78 is 60.6. The monoisotopic (exact) mass is 637 g/mol. The van der Waals surface area contributed by atoms with Crippen molar-refractivity contribution in [3.8, 4) is 0 Å². The smallest absolute Gasteiger partial charge is 0.437 e. The third-order valence-corrected chi connectivity index (χ3v) is 7.62. The van der Waals surface area contributed by atoms with Gasteiger partial charge in [-0.1, -0.05) is 6.92 Å². The number of aliphatic hydroxyl groups is 1. The Hall–Kier alpha value is -2.95. The number of hydrogen-bond acceptors (Lipinski definition) is 15. The van der Waals surface area contributed by atoms with Gasteiger partial charge in [-0.25, -0.2) is 18.0 Å². The zero-order valence-corrected chi connectivity index (χ0v) is 26.4. The van der Waals surface area contributed by atoms with E-state index in [0.717, 1.165) is 4.90 Å². The van der Waals surface area contributed by atoms with Crippen molar-refractivity contribution in [2.75, 3.05) is 37.9 Å². The molecule has 0 aromatic carbocycles. The average molecular weight is 638 g/mol. The van der Waals surface area contributed by atoms with Crippen LogP contribution in [0.15, 0.2) is 9.79 Å². The number of anilines is 2. The number of phosphoric ester groups is 1. The number of aliphatic imine (C=N–C) groups is 1. The molecule has 18 heteroatoms. The lowest BCUT2D eigenvalue weighted by Crippen LogP contribution is -2.45. The summed E-state index contributed by atoms with van der Waals surface area (Å²) in [6, 6.07) is 0. The Bertz CT molecular complexity index is 1250. The number of ether oxygens (including phenoxy) is 3. The number of carbonyl (C=O) groups excluding carboxylic acids is 2. The molecular formula is C25H41FN5O11P. The van der Waals surface area contributed by atoms with E-state index in [4.69, 9.17) is 33.5 Å². The molecule has 1 aliphatic heterocycles. The highest BCUT2D eigenvalue weighted by molar-refractivity contribution is 7.48. The molecule has 244 valence electrons. The summed E-state index contributed by atoms with van der Waals surface area (Å²) >= 11 is 0. The lowest BCUT2D eigenvalue weighted by atomic mass is 9.94. The Kier molecular flexibility index (Phi) is 11.6. The fourth-order valence-corrected chi connectivity index (χ4v) is 4.59. The van der Waals surface area contributed by atoms with Crippen LogP contribution in [0.25, 0.3) is 0 Å². The van der Waals surface area contributed by atoms with Crippen molar-refractivity contribution in [1.82, 2.24) is 9.97 Å². The molecule has 43 heavy (non-hydrogen) atoms. The van der Waals surface area contributed by atoms with Crippen molar-refractivity contribution in [2.45, 2.75) is 79.0 Å². The highest BCUT2D eigenvalue weighted by Crippen LogP contribution is 2.52. The number of rotatable bonds is 13. The molecule has 2 heterocycles. The molecule has 1 aromatic rings. The van der Waals surface area contributed by atoms with Crippen molar-refractivity contribution in [3.63, 3.8) is 0 Å². The van der Waals surface area contributed by atoms with E-state index in [1.165, 1.54) is 7.05 Å². The van der Waals surface area contributed by atoms with E-state index in [9.17, 15) is 24.1 Å². The number of nitrogens with one attached hydrogen (secondary N) is 1. The maximum Gasteiger partial charge on any atom is 0.480 e. The quantitative estimate of drug-likeness (QED) is 0.123. The fourth-order valence-electron chi connectivity index (χ4n) is 3.63. The molecule has 0 radical (unpaired) electrons. The van der Waals surface area contributed by atoms with Crippen molar-refractivity contribution >= 4 is 43.9 Å². The van der Waals surface area contributed by atoms with Crippen LogP contribution in [-0.4, -0.2) is 85.1 Å². The SMILES string of the molecule is C=Nc1c(N(C)[C@@H]2O[C@](CC)(COP(=O)(OCOC(=O)C(C)(C)C)OCOC(=O)C(C)(C)C)[C@@H](O)[C@H]2F)nc(N)[nH]c1=O. The number of phosphoric acid groups is 1. The molecule has 1 aliphatic rings. The van der Waals surface area contributed by atoms with Crippen LogP contribution in [0.4, 0.5) is 21.8 Å². The molecule has 0 spiro atoms. The summed E-state index contributed by atoms with van der Waals surface area (Å²) in [7, 11) is -3.37. The van der Waals surface area contributed by atoms with Gasteiger partial charge in [0.1, 0.15) is 11.7 Å². The third kappa shape index (κ3) is 8.80. The van der Waals surface area contributed by atoms with Gasteiger partial charge in [-0.05, 0) is 54.7 Å². The van der Waals surface area contributed by atoms with Gasteiger partial charge in [0.25, 0.3) is 5.56 Å². The number of aromatic nitrogens is 2. The fraction of sp³-hybridized carbons (Fsp3) is 0.720. The summed E-state index contributed by atoms with van der Waals surface area (Å²) in [5, 5.41) is 10.9. The van der Waals surface area contributed by atoms with E-state index in [0.29, 0.717) is 0 Å². The zero-order valence-electron chi connectivity index (χ0n) is 25.5. The molecule has 0 unspecified atom stereocenters. The summed E-state index contributed by atoms with van der Waals surface area (Å²) in [5.41, 5.74) is 0.978. The van der Waals surface area contributed by atoms with Gasteiger partial charge in [-0.3, -0.25) is 28.9 Å². The first-order valence-corrected chi connectivity index (χ1v) is 14.6. The number of halogens is 1. The maximum absolute atomic E-state index is 15.6. The van der Waals surface area contributed by atoms with E-state index in [1.807, 2.05) is 0 Å². The molecule has 1 fully saturated rings. The van der Waals surface area contributed by atoms with E-state index in [-0.39, 0.29) is 23.9 Å². The molecule has 0 amide bonds. The van der Waals surface area contributed by atoms with Crippen LogP contribution in [-0.2, 0) is 41.9 Å². The Morgan fingerprint density at radius 2 is 1.67 bits per heavy atom. The van der Waals surface area contributed by atoms with E-state index in [2.05, 4.69) is 21.7 Å². The molecule has 0 saturated carbocycles. The molecule has 0 aliphatic carbocycles. The van der Waals surface area contributed by atoms with Gasteiger partial charge in [0.2, 0.25) is 19.5 Å². The largest absolute Gasteiger partial charge is 0.480 e. The topological polar surface area (TPSA) is 214 Å². The number of carbonyl (C=O) groups is 2. The molecule has 0 bridgehead atoms. The lowest BCUT2D eigenvalue weighted by Gasteiger charge is -2.33. The Labute approximate surface area is 248 Å². The first-order valence-electron chi connectivity index (χ1n) is 13.2. The Morgan fingerprint density at radius 3 is 2.12 bits per heavy atom. The molecule has 1 saturated heterocycles. The van der Waals surface area contributed by atoms with Crippen molar-refractivity contribution < 1.29 is 51.4 Å². The minimum atomic E-state index is -4.70. The normalized spacial score (nSPS) is 22.7. The maximum atomic E-state index is 15.6. The number of nitrogen functional groups attached to an aromatic ring is 1. The number of H-pyrrole nitrogens is 1. The van der Waals surface area contributed by atoms with E-state index < -0.39 is 80.4 Å². The number of alkyl halides is 1. The summed E-state index contributed by atoms with van der Waals surface area (Å²) in [6.07, 6.45) is -5.57. The average Bonchev–Trinajstić information content (AvgIpc) is 3.15. The number of aromatic amines is 1. The van der Waals surface area contributed by atoms with Crippen LogP contribution >= 0.6 is 7.82 Å². The highest BCUT2D eigenvalue weighted by atomic mass is 31.2. The van der Waals surface area contributed by atoms with Crippen molar-refractivity contribution in [2.24, 2.45) is 15.8 Å². The second kappa shape index (κ2) is 13.8. The number of nitrogens with two attached hydrogens (primary N) is 1. The minimum Gasteiger partial charge on any atom is -0.437 e. The number of nitrogens with zero attached hydrogens (tertiary/aromatic N) is 3. The predicted molar refractivity (Wildman–Crippen MR) is 152 cm³/mol. The van der Waals surface area contributed by atoms with Crippen molar-refractivity contribution in [1.29, 1.82) is 0 Å². The lowest BCUT2D eigenvalue weighted by molar-refractivity contribution is -0.164. The molecule has 4 atom stereocenters. The van der Waals surface area contributed by atoms with Crippen LogP contribution in [0, 0.1) is 10.8 Å². The Balaban J connectivity index is 2.28. The van der Waals surface area contributed by atoms with Crippen LogP contribution in [0.1, 0.15) is 54.9 Å². The first kappa shape index (κ1) is 36.2. The van der Waals surface area contributed by atoms with Gasteiger partial charge in [-0.2, -0.15) is 4.98 Å². The second-order valence-electron chi connectivity index (χ2n) is 11.8.